The van der Waals surface area contributed by atoms with Gasteiger partial charge in [-0.15, -0.1) is 0 Å². The maximum absolute atomic E-state index is 5.80. The third-order valence-electron chi connectivity index (χ3n) is 2.37. The second-order valence-corrected chi connectivity index (χ2v) is 3.55. The van der Waals surface area contributed by atoms with E-state index >= 15 is 0 Å². The number of hydrogen-bond donors (Lipinski definition) is 1. The molecular formula is C9H19NO. The standard InChI is InChI=1S/C9H19NO/c1-3-9(10)7(2)11-6-8-4-5-8/h7-9H,3-6,10H2,1-2H3. The molecular weight excluding hydrogens is 138 g/mol. The lowest BCUT2D eigenvalue weighted by Crippen LogP contribution is -2.34. The van der Waals surface area contributed by atoms with Crippen molar-refractivity contribution in [1.82, 2.24) is 0 Å². The molecule has 11 heavy (non-hydrogen) atoms. The Morgan fingerprint density at radius 3 is 2.64 bits per heavy atom. The van der Waals surface area contributed by atoms with Crippen LogP contribution in [0.3, 0.4) is 0 Å². The van der Waals surface area contributed by atoms with Crippen molar-refractivity contribution in [2.24, 2.45) is 11.7 Å². The van der Waals surface area contributed by atoms with Crippen LogP contribution in [-0.2, 0) is 4.74 Å². The Bertz CT molecular complexity index is 112. The molecule has 0 spiro atoms. The maximum Gasteiger partial charge on any atom is 0.0697 e. The van der Waals surface area contributed by atoms with Gasteiger partial charge in [-0.25, -0.2) is 0 Å². The average Bonchev–Trinajstić information content (AvgIpc) is 2.81. The first-order valence-corrected chi connectivity index (χ1v) is 4.61. The van der Waals surface area contributed by atoms with Gasteiger partial charge in [0.05, 0.1) is 6.10 Å². The molecule has 1 rings (SSSR count). The fraction of sp³-hybridized carbons (Fsp3) is 1.00. The number of hydrogen-bond acceptors (Lipinski definition) is 2. The van der Waals surface area contributed by atoms with Gasteiger partial charge in [0.25, 0.3) is 0 Å². The molecule has 0 saturated heterocycles. The Kier molecular flexibility index (Phi) is 3.34. The molecule has 0 amide bonds. The summed E-state index contributed by atoms with van der Waals surface area (Å²) < 4.78 is 5.59. The third-order valence-corrected chi connectivity index (χ3v) is 2.37. The average molecular weight is 157 g/mol. The zero-order chi connectivity index (χ0) is 8.27. The molecule has 0 aromatic carbocycles. The molecule has 1 saturated carbocycles. The summed E-state index contributed by atoms with van der Waals surface area (Å²) in [4.78, 5) is 0. The minimum atomic E-state index is 0.216. The van der Waals surface area contributed by atoms with Gasteiger partial charge >= 0.3 is 0 Å². The van der Waals surface area contributed by atoms with Gasteiger partial charge in [0.2, 0.25) is 0 Å². The van der Waals surface area contributed by atoms with Crippen LogP contribution in [0.25, 0.3) is 0 Å². The Morgan fingerprint density at radius 2 is 2.18 bits per heavy atom. The zero-order valence-electron chi connectivity index (χ0n) is 7.55. The fourth-order valence-corrected chi connectivity index (χ4v) is 1.03. The summed E-state index contributed by atoms with van der Waals surface area (Å²) in [5, 5.41) is 0. The highest BCUT2D eigenvalue weighted by atomic mass is 16.5. The van der Waals surface area contributed by atoms with Crippen molar-refractivity contribution in [3.05, 3.63) is 0 Å². The van der Waals surface area contributed by atoms with Crippen LogP contribution in [0.2, 0.25) is 0 Å². The summed E-state index contributed by atoms with van der Waals surface area (Å²) >= 11 is 0. The van der Waals surface area contributed by atoms with Crippen LogP contribution < -0.4 is 5.73 Å². The van der Waals surface area contributed by atoms with Gasteiger partial charge in [-0.1, -0.05) is 6.92 Å². The molecule has 0 heterocycles. The summed E-state index contributed by atoms with van der Waals surface area (Å²) in [6.07, 6.45) is 3.95. The second-order valence-electron chi connectivity index (χ2n) is 3.55. The summed E-state index contributed by atoms with van der Waals surface area (Å²) in [6, 6.07) is 0.216. The van der Waals surface area contributed by atoms with Crippen molar-refractivity contribution >= 4 is 0 Å². The highest BCUT2D eigenvalue weighted by molar-refractivity contribution is 4.74. The van der Waals surface area contributed by atoms with Crippen LogP contribution in [0.4, 0.5) is 0 Å². The van der Waals surface area contributed by atoms with Crippen molar-refractivity contribution in [1.29, 1.82) is 0 Å². The summed E-state index contributed by atoms with van der Waals surface area (Å²) in [5.74, 6) is 0.849. The first kappa shape index (κ1) is 9.01. The molecule has 0 radical (unpaired) electrons. The van der Waals surface area contributed by atoms with Crippen LogP contribution in [0.1, 0.15) is 33.1 Å². The molecule has 0 aromatic rings. The van der Waals surface area contributed by atoms with Crippen molar-refractivity contribution < 1.29 is 4.74 Å². The summed E-state index contributed by atoms with van der Waals surface area (Å²) in [7, 11) is 0. The van der Waals surface area contributed by atoms with Gasteiger partial charge in [-0.3, -0.25) is 0 Å². The highest BCUT2D eigenvalue weighted by Crippen LogP contribution is 2.29. The van der Waals surface area contributed by atoms with Gasteiger partial charge in [-0.05, 0) is 32.1 Å². The van der Waals surface area contributed by atoms with Gasteiger partial charge in [0, 0.05) is 12.6 Å². The van der Waals surface area contributed by atoms with E-state index in [0.29, 0.717) is 0 Å². The van der Waals surface area contributed by atoms with Gasteiger partial charge in [0.15, 0.2) is 0 Å². The predicted molar refractivity (Wildman–Crippen MR) is 46.4 cm³/mol. The highest BCUT2D eigenvalue weighted by Gasteiger charge is 2.23. The first-order valence-electron chi connectivity index (χ1n) is 4.61. The van der Waals surface area contributed by atoms with E-state index in [1.54, 1.807) is 0 Å². The number of rotatable bonds is 5. The van der Waals surface area contributed by atoms with Crippen LogP contribution in [0.15, 0.2) is 0 Å². The van der Waals surface area contributed by atoms with E-state index in [1.165, 1.54) is 12.8 Å². The lowest BCUT2D eigenvalue weighted by molar-refractivity contribution is 0.0406. The molecule has 2 nitrogen and oxygen atoms in total. The topological polar surface area (TPSA) is 35.2 Å². The fourth-order valence-electron chi connectivity index (χ4n) is 1.03. The molecule has 2 atom stereocenters. The Hall–Kier alpha value is -0.0800. The van der Waals surface area contributed by atoms with Gasteiger partial charge in [-0.2, -0.15) is 0 Å². The Labute approximate surface area is 69.1 Å². The number of nitrogens with two attached hydrogens (primary N) is 1. The molecule has 0 aromatic heterocycles. The van der Waals surface area contributed by atoms with Gasteiger partial charge in [0.1, 0.15) is 0 Å². The van der Waals surface area contributed by atoms with E-state index in [1.807, 2.05) is 0 Å². The largest absolute Gasteiger partial charge is 0.377 e. The predicted octanol–water partition coefficient (Wildman–Crippen LogP) is 1.54. The minimum absolute atomic E-state index is 0.216. The molecule has 2 N–H and O–H groups in total. The van der Waals surface area contributed by atoms with Crippen molar-refractivity contribution in [3.8, 4) is 0 Å². The third kappa shape index (κ3) is 3.21. The lowest BCUT2D eigenvalue weighted by atomic mass is 10.1. The molecule has 0 bridgehead atoms. The summed E-state index contributed by atoms with van der Waals surface area (Å²) in [6.45, 7) is 5.09. The zero-order valence-corrected chi connectivity index (χ0v) is 7.55. The monoisotopic (exact) mass is 157 g/mol. The molecule has 0 aliphatic heterocycles. The normalized spacial score (nSPS) is 23.2. The van der Waals surface area contributed by atoms with Crippen LogP contribution in [-0.4, -0.2) is 18.8 Å². The van der Waals surface area contributed by atoms with Crippen molar-refractivity contribution in [2.45, 2.75) is 45.3 Å². The second kappa shape index (κ2) is 4.07. The Morgan fingerprint density at radius 1 is 1.55 bits per heavy atom. The molecule has 2 unspecified atom stereocenters. The lowest BCUT2D eigenvalue weighted by Gasteiger charge is -2.18. The molecule has 1 aliphatic rings. The maximum atomic E-state index is 5.80. The molecule has 66 valence electrons. The first-order chi connectivity index (χ1) is 5.24. The minimum Gasteiger partial charge on any atom is -0.377 e. The van der Waals surface area contributed by atoms with Gasteiger partial charge < -0.3 is 10.5 Å². The van der Waals surface area contributed by atoms with Crippen LogP contribution >= 0.6 is 0 Å². The van der Waals surface area contributed by atoms with E-state index < -0.39 is 0 Å². The van der Waals surface area contributed by atoms with E-state index in [4.69, 9.17) is 10.5 Å². The van der Waals surface area contributed by atoms with Crippen molar-refractivity contribution in [3.63, 3.8) is 0 Å². The summed E-state index contributed by atoms with van der Waals surface area (Å²) in [5.41, 5.74) is 5.80. The van der Waals surface area contributed by atoms with Crippen LogP contribution in [0, 0.1) is 5.92 Å². The molecule has 2 heteroatoms. The van der Waals surface area contributed by atoms with Crippen LogP contribution in [0.5, 0.6) is 0 Å². The SMILES string of the molecule is CCC(N)C(C)OCC1CC1. The molecule has 1 fully saturated rings. The quantitative estimate of drug-likeness (QED) is 0.657. The Balaban J connectivity index is 2.03. The molecule has 1 aliphatic carbocycles. The smallest absolute Gasteiger partial charge is 0.0697 e. The van der Waals surface area contributed by atoms with E-state index in [2.05, 4.69) is 13.8 Å². The van der Waals surface area contributed by atoms with E-state index in [9.17, 15) is 0 Å². The van der Waals surface area contributed by atoms with Crippen molar-refractivity contribution in [2.75, 3.05) is 6.61 Å². The number of ether oxygens (including phenoxy) is 1. The van der Waals surface area contributed by atoms with E-state index in [0.717, 1.165) is 18.9 Å². The van der Waals surface area contributed by atoms with E-state index in [-0.39, 0.29) is 12.1 Å².